The first-order chi connectivity index (χ1) is 19.0. The number of Topliss-reactive ketones (excluding diaryl/α,β-unsaturated/α-hetero) is 1. The lowest BCUT2D eigenvalue weighted by atomic mass is 9.95. The van der Waals surface area contributed by atoms with Gasteiger partial charge in [0, 0.05) is 5.56 Å². The number of ketones is 1. The zero-order valence-electron chi connectivity index (χ0n) is 20.5. The van der Waals surface area contributed by atoms with Crippen molar-refractivity contribution in [3.8, 4) is 5.75 Å². The number of ether oxygens (including phenoxy) is 1. The quantitative estimate of drug-likeness (QED) is 0.150. The van der Waals surface area contributed by atoms with Gasteiger partial charge in [-0.1, -0.05) is 84.1 Å². The van der Waals surface area contributed by atoms with Gasteiger partial charge in [-0.15, -0.1) is 0 Å². The van der Waals surface area contributed by atoms with Gasteiger partial charge in [0.2, 0.25) is 0 Å². The molecule has 1 aliphatic heterocycles. The van der Waals surface area contributed by atoms with Crippen LogP contribution in [0.1, 0.15) is 22.7 Å². The Morgan fingerprint density at radius 1 is 0.923 bits per heavy atom. The number of carbonyl (C=O) groups is 2. The average Bonchev–Trinajstić information content (AvgIpc) is 3.50. The first-order valence-corrected chi connectivity index (χ1v) is 13.0. The molecule has 5 aromatic rings. The number of hydrogen-bond donors (Lipinski definition) is 1. The molecule has 2 heterocycles. The summed E-state index contributed by atoms with van der Waals surface area (Å²) in [4.78, 5) is 32.6. The molecule has 4 aromatic carbocycles. The summed E-state index contributed by atoms with van der Waals surface area (Å²) < 4.78 is 20.3. The topological polar surface area (TPSA) is 79.7 Å². The van der Waals surface area contributed by atoms with E-state index in [1.807, 2.05) is 30.3 Å². The molecule has 0 bridgehead atoms. The third kappa shape index (κ3) is 4.66. The number of anilines is 1. The van der Waals surface area contributed by atoms with Gasteiger partial charge < -0.3 is 9.84 Å². The smallest absolute Gasteiger partial charge is 0.301 e. The molecule has 1 aromatic heterocycles. The number of halogens is 1. The number of fused-ring (bicyclic) bond motifs is 1. The number of amides is 1. The fourth-order valence-electron chi connectivity index (χ4n) is 4.57. The molecule has 1 aliphatic rings. The van der Waals surface area contributed by atoms with Crippen molar-refractivity contribution in [3.05, 3.63) is 131 Å². The van der Waals surface area contributed by atoms with Gasteiger partial charge in [-0.3, -0.25) is 14.5 Å². The Bertz CT molecular complexity index is 1720. The minimum Gasteiger partial charge on any atom is -0.507 e. The number of aliphatic hydroxyl groups excluding tert-OH is 1. The van der Waals surface area contributed by atoms with E-state index >= 15 is 0 Å². The van der Waals surface area contributed by atoms with E-state index in [9.17, 15) is 19.1 Å². The zero-order chi connectivity index (χ0) is 26.9. The summed E-state index contributed by atoms with van der Waals surface area (Å²) in [6.07, 6.45) is 0. The van der Waals surface area contributed by atoms with Crippen LogP contribution in [0.15, 0.2) is 109 Å². The molecule has 39 heavy (non-hydrogen) atoms. The first-order valence-electron chi connectivity index (χ1n) is 12.2. The van der Waals surface area contributed by atoms with Gasteiger partial charge in [-0.25, -0.2) is 9.37 Å². The normalized spacial score (nSPS) is 16.6. The third-order valence-electron chi connectivity index (χ3n) is 6.48. The van der Waals surface area contributed by atoms with E-state index in [0.29, 0.717) is 33.7 Å². The molecule has 0 saturated carbocycles. The number of aromatic nitrogens is 1. The van der Waals surface area contributed by atoms with Crippen LogP contribution in [0.3, 0.4) is 0 Å². The van der Waals surface area contributed by atoms with Crippen molar-refractivity contribution in [2.75, 3.05) is 4.90 Å². The number of carbonyl (C=O) groups excluding carboxylic acids is 2. The van der Waals surface area contributed by atoms with Gasteiger partial charge in [0.1, 0.15) is 23.9 Å². The summed E-state index contributed by atoms with van der Waals surface area (Å²) in [6.45, 7) is 0.384. The van der Waals surface area contributed by atoms with Crippen LogP contribution < -0.4 is 9.64 Å². The summed E-state index contributed by atoms with van der Waals surface area (Å²) in [5.74, 6) is -1.74. The van der Waals surface area contributed by atoms with Gasteiger partial charge in [-0.2, -0.15) is 0 Å². The van der Waals surface area contributed by atoms with E-state index in [2.05, 4.69) is 4.98 Å². The van der Waals surface area contributed by atoms with Crippen molar-refractivity contribution in [3.63, 3.8) is 0 Å². The van der Waals surface area contributed by atoms with Crippen molar-refractivity contribution in [2.45, 2.75) is 12.6 Å². The summed E-state index contributed by atoms with van der Waals surface area (Å²) in [6, 6.07) is 28.6. The van der Waals surface area contributed by atoms with Crippen LogP contribution >= 0.6 is 11.3 Å². The van der Waals surface area contributed by atoms with E-state index in [4.69, 9.17) is 4.74 Å². The van der Waals surface area contributed by atoms with Crippen molar-refractivity contribution in [1.29, 1.82) is 0 Å². The van der Waals surface area contributed by atoms with Crippen molar-refractivity contribution >= 4 is 44.1 Å². The maximum Gasteiger partial charge on any atom is 0.301 e. The standard InChI is InChI=1S/C31H21FN2O4S/c32-22-13-16-24-25(17-22)39-31(33-24)34-27(26(29(36)30(34)37)28(35)21-9-5-2-6-10-21)20-11-14-23(15-12-20)38-18-19-7-3-1-4-8-19/h1-17,27,35H,18H2. The molecule has 8 heteroatoms. The molecule has 1 N–H and O–H groups in total. The lowest BCUT2D eigenvalue weighted by Gasteiger charge is -2.23. The molecule has 1 saturated heterocycles. The Hall–Kier alpha value is -4.82. The van der Waals surface area contributed by atoms with E-state index in [-0.39, 0.29) is 16.5 Å². The maximum absolute atomic E-state index is 13.9. The van der Waals surface area contributed by atoms with Crippen LogP contribution in [0, 0.1) is 5.82 Å². The number of rotatable bonds is 6. The van der Waals surface area contributed by atoms with Crippen molar-refractivity contribution in [1.82, 2.24) is 4.98 Å². The van der Waals surface area contributed by atoms with E-state index in [1.54, 1.807) is 54.6 Å². The molecule has 1 amide bonds. The van der Waals surface area contributed by atoms with Crippen LogP contribution in [0.2, 0.25) is 0 Å². The molecular formula is C31H21FN2O4S. The Morgan fingerprint density at radius 2 is 1.62 bits per heavy atom. The Labute approximate surface area is 227 Å². The second-order valence-corrected chi connectivity index (χ2v) is 10.00. The summed E-state index contributed by atoms with van der Waals surface area (Å²) in [7, 11) is 0. The lowest BCUT2D eigenvalue weighted by Crippen LogP contribution is -2.29. The molecule has 1 atom stereocenters. The SMILES string of the molecule is O=C1C(=O)N(c2nc3ccc(F)cc3s2)C(c2ccc(OCc3ccccc3)cc2)C1=C(O)c1ccccc1. The molecule has 1 unspecified atom stereocenters. The molecular weight excluding hydrogens is 515 g/mol. The molecule has 0 spiro atoms. The van der Waals surface area contributed by atoms with Gasteiger partial charge >= 0.3 is 5.91 Å². The monoisotopic (exact) mass is 536 g/mol. The van der Waals surface area contributed by atoms with Crippen LogP contribution in [0.5, 0.6) is 5.75 Å². The van der Waals surface area contributed by atoms with Gasteiger partial charge in [-0.05, 0) is 41.5 Å². The van der Waals surface area contributed by atoms with E-state index in [1.165, 1.54) is 23.1 Å². The molecule has 0 radical (unpaired) electrons. The third-order valence-corrected chi connectivity index (χ3v) is 7.50. The van der Waals surface area contributed by atoms with Crippen LogP contribution in [-0.4, -0.2) is 21.8 Å². The Kier molecular flexibility index (Phi) is 6.38. The highest BCUT2D eigenvalue weighted by molar-refractivity contribution is 7.22. The van der Waals surface area contributed by atoms with Crippen molar-refractivity contribution in [2.24, 2.45) is 0 Å². The number of thiazole rings is 1. The summed E-state index contributed by atoms with van der Waals surface area (Å²) >= 11 is 1.10. The predicted octanol–water partition coefficient (Wildman–Crippen LogP) is 6.64. The summed E-state index contributed by atoms with van der Waals surface area (Å²) in [5, 5.41) is 11.5. The fourth-order valence-corrected chi connectivity index (χ4v) is 5.59. The second kappa shape index (κ2) is 10.2. The highest BCUT2D eigenvalue weighted by atomic mass is 32.1. The van der Waals surface area contributed by atoms with Crippen molar-refractivity contribution < 1.29 is 23.8 Å². The summed E-state index contributed by atoms with van der Waals surface area (Å²) in [5.41, 5.74) is 2.48. The van der Waals surface area contributed by atoms with E-state index in [0.717, 1.165) is 16.9 Å². The highest BCUT2D eigenvalue weighted by Crippen LogP contribution is 2.44. The minimum absolute atomic E-state index is 0.0467. The lowest BCUT2D eigenvalue weighted by molar-refractivity contribution is -0.132. The molecule has 0 aliphatic carbocycles. The van der Waals surface area contributed by atoms with E-state index < -0.39 is 23.5 Å². The number of nitrogens with zero attached hydrogens (tertiary/aromatic N) is 2. The first kappa shape index (κ1) is 24.5. The Morgan fingerprint density at radius 3 is 2.33 bits per heavy atom. The highest BCUT2D eigenvalue weighted by Gasteiger charge is 2.48. The van der Waals surface area contributed by atoms with Gasteiger partial charge in [0.15, 0.2) is 5.13 Å². The molecule has 6 nitrogen and oxygen atoms in total. The van der Waals surface area contributed by atoms with Gasteiger partial charge in [0.25, 0.3) is 5.78 Å². The predicted molar refractivity (Wildman–Crippen MR) is 148 cm³/mol. The van der Waals surface area contributed by atoms with Gasteiger partial charge in [0.05, 0.1) is 21.8 Å². The molecule has 192 valence electrons. The Balaban J connectivity index is 1.42. The number of aliphatic hydroxyl groups is 1. The minimum atomic E-state index is -0.946. The second-order valence-electron chi connectivity index (χ2n) is 8.99. The van der Waals surface area contributed by atoms with Crippen LogP contribution in [0.4, 0.5) is 9.52 Å². The van der Waals surface area contributed by atoms with Crippen LogP contribution in [-0.2, 0) is 16.2 Å². The fraction of sp³-hybridized carbons (Fsp3) is 0.0645. The number of benzene rings is 4. The molecule has 1 fully saturated rings. The molecule has 6 rings (SSSR count). The maximum atomic E-state index is 13.9. The van der Waals surface area contributed by atoms with Crippen LogP contribution in [0.25, 0.3) is 16.0 Å². The number of hydrogen-bond acceptors (Lipinski definition) is 6. The zero-order valence-corrected chi connectivity index (χ0v) is 21.3. The largest absolute Gasteiger partial charge is 0.507 e. The average molecular weight is 537 g/mol.